The molecule has 176 valence electrons. The van der Waals surface area contributed by atoms with Gasteiger partial charge in [-0.15, -0.1) is 0 Å². The summed E-state index contributed by atoms with van der Waals surface area (Å²) in [6.07, 6.45) is 1.29. The Balaban J connectivity index is 2.23. The van der Waals surface area contributed by atoms with Crippen LogP contribution in [0.15, 0.2) is 46.1 Å². The molecule has 1 atom stereocenters. The molecule has 0 spiro atoms. The molecule has 0 fully saturated rings. The van der Waals surface area contributed by atoms with Crippen molar-refractivity contribution >= 4 is 19.5 Å². The van der Waals surface area contributed by atoms with Gasteiger partial charge in [0.15, 0.2) is 0 Å². The Morgan fingerprint density at radius 3 is 2.27 bits per heavy atom. The summed E-state index contributed by atoms with van der Waals surface area (Å²) in [7, 11) is -0.663. The smallest absolute Gasteiger partial charge is 0.370 e. The predicted molar refractivity (Wildman–Crippen MR) is 117 cm³/mol. The average Bonchev–Trinajstić information content (AvgIpc) is 2.84. The lowest BCUT2D eigenvalue weighted by molar-refractivity contribution is -0.149. The molecule has 1 aromatic carbocycles. The van der Waals surface area contributed by atoms with Gasteiger partial charge in [0, 0.05) is 31.5 Å². The third kappa shape index (κ3) is 5.94. The average molecular weight is 478 g/mol. The van der Waals surface area contributed by atoms with Crippen molar-refractivity contribution in [1.82, 2.24) is 9.13 Å². The molecule has 0 saturated carbocycles. The van der Waals surface area contributed by atoms with Crippen LogP contribution >= 0.6 is 7.60 Å². The molecule has 0 aliphatic carbocycles. The normalized spacial score (nSPS) is 11.9. The summed E-state index contributed by atoms with van der Waals surface area (Å²) < 4.78 is 33.4. The second-order valence-corrected chi connectivity index (χ2v) is 8.76. The molecule has 1 unspecified atom stereocenters. The first-order valence-electron chi connectivity index (χ1n) is 9.49. The monoisotopic (exact) mass is 478 g/mol. The van der Waals surface area contributed by atoms with Crippen molar-refractivity contribution in [3.63, 3.8) is 0 Å². The van der Waals surface area contributed by atoms with Gasteiger partial charge < -0.3 is 18.5 Å². The van der Waals surface area contributed by atoms with E-state index in [0.717, 1.165) is 25.9 Å². The highest BCUT2D eigenvalue weighted by atomic mass is 31.2. The maximum absolute atomic E-state index is 12.7. The maximum Gasteiger partial charge on any atom is 0.370 e. The first-order chi connectivity index (χ1) is 15.7. The molecule has 0 N–H and O–H groups in total. The van der Waals surface area contributed by atoms with E-state index < -0.39 is 36.6 Å². The number of methoxy groups -OCH3 is 1. The van der Waals surface area contributed by atoms with Crippen LogP contribution in [0.25, 0.3) is 0 Å². The fourth-order valence-corrected chi connectivity index (χ4v) is 3.86. The quantitative estimate of drug-likeness (QED) is 0.310. The number of carbonyl (C=O) groups is 2. The number of rotatable bonds is 8. The number of nitrogens with zero attached hydrogens (tertiary/aromatic N) is 2. The lowest BCUT2D eigenvalue weighted by Gasteiger charge is -2.21. The van der Waals surface area contributed by atoms with E-state index in [1.54, 1.807) is 18.2 Å². The standard InChI is InChI=1S/C21H23N2O9P/c1-15-14-22(21(27)23(17(15)24)18(25)16-10-6-5-7-11-16)12-8-9-13-32-20(19(26)29-2)33(28,30-3)31-4/h5-7,10-11,14,20H,12-13H2,1-4H3. The molecule has 0 aliphatic heterocycles. The summed E-state index contributed by atoms with van der Waals surface area (Å²) in [4.78, 5) is 49.7. The Hall–Kier alpha value is -3.29. The van der Waals surface area contributed by atoms with Gasteiger partial charge in [0.1, 0.15) is 6.61 Å². The molecule has 0 saturated heterocycles. The molecular formula is C21H23N2O9P. The zero-order chi connectivity index (χ0) is 24.6. The minimum Gasteiger partial charge on any atom is -0.467 e. The molecule has 0 aliphatic rings. The van der Waals surface area contributed by atoms with E-state index >= 15 is 0 Å². The molecule has 11 nitrogen and oxygen atoms in total. The Kier molecular flexibility index (Phi) is 9.08. The largest absolute Gasteiger partial charge is 0.467 e. The lowest BCUT2D eigenvalue weighted by Crippen LogP contribution is -2.44. The second-order valence-electron chi connectivity index (χ2n) is 6.48. The minimum absolute atomic E-state index is 0.170. The maximum atomic E-state index is 12.7. The highest BCUT2D eigenvalue weighted by molar-refractivity contribution is 7.55. The zero-order valence-corrected chi connectivity index (χ0v) is 19.4. The number of hydrogen-bond donors (Lipinski definition) is 0. The summed E-state index contributed by atoms with van der Waals surface area (Å²) in [6.45, 7) is 0.921. The Bertz CT molecular complexity index is 1230. The molecule has 2 rings (SSSR count). The number of esters is 1. The van der Waals surface area contributed by atoms with Crippen molar-refractivity contribution in [2.24, 2.45) is 0 Å². The van der Waals surface area contributed by atoms with Crippen molar-refractivity contribution in [2.45, 2.75) is 19.3 Å². The van der Waals surface area contributed by atoms with Crippen molar-refractivity contribution < 1.29 is 32.7 Å². The van der Waals surface area contributed by atoms with Gasteiger partial charge in [-0.3, -0.25) is 18.7 Å². The van der Waals surface area contributed by atoms with Gasteiger partial charge in [-0.1, -0.05) is 30.0 Å². The molecule has 2 aromatic rings. The van der Waals surface area contributed by atoms with Gasteiger partial charge in [0.05, 0.1) is 13.7 Å². The number of benzene rings is 1. The second kappa shape index (κ2) is 11.5. The van der Waals surface area contributed by atoms with Gasteiger partial charge in [-0.25, -0.2) is 9.59 Å². The SMILES string of the molecule is COC(=O)C(OCC#CCn1cc(C)c(=O)n(C(=O)c2ccccc2)c1=O)P(=O)(OC)OC. The van der Waals surface area contributed by atoms with Crippen LogP contribution in [0.2, 0.25) is 0 Å². The fraction of sp³-hybridized carbons (Fsp3) is 0.333. The van der Waals surface area contributed by atoms with E-state index in [2.05, 4.69) is 16.6 Å². The van der Waals surface area contributed by atoms with Crippen LogP contribution in [0, 0.1) is 18.8 Å². The molecular weight excluding hydrogens is 455 g/mol. The van der Waals surface area contributed by atoms with E-state index in [9.17, 15) is 23.7 Å². The lowest BCUT2D eigenvalue weighted by atomic mass is 10.2. The van der Waals surface area contributed by atoms with Crippen molar-refractivity contribution in [2.75, 3.05) is 27.9 Å². The van der Waals surface area contributed by atoms with E-state index in [-0.39, 0.29) is 24.3 Å². The predicted octanol–water partition coefficient (Wildman–Crippen LogP) is 1.01. The van der Waals surface area contributed by atoms with Gasteiger partial charge in [0.25, 0.3) is 17.3 Å². The Morgan fingerprint density at radius 2 is 1.70 bits per heavy atom. The van der Waals surface area contributed by atoms with Gasteiger partial charge in [0.2, 0.25) is 0 Å². The molecule has 1 aromatic heterocycles. The Labute approximate surface area is 189 Å². The van der Waals surface area contributed by atoms with Gasteiger partial charge >= 0.3 is 19.3 Å². The van der Waals surface area contributed by atoms with E-state index in [1.165, 1.54) is 25.3 Å². The third-order valence-corrected chi connectivity index (χ3v) is 6.39. The number of aryl methyl sites for hydroxylation is 1. The number of aromatic nitrogens is 2. The van der Waals surface area contributed by atoms with Crippen LogP contribution in [0.1, 0.15) is 15.9 Å². The summed E-state index contributed by atoms with van der Waals surface area (Å²) in [6, 6.07) is 7.93. The summed E-state index contributed by atoms with van der Waals surface area (Å²) in [5.74, 6) is 1.82. The van der Waals surface area contributed by atoms with E-state index in [4.69, 9.17) is 13.8 Å². The van der Waals surface area contributed by atoms with Crippen LogP contribution in [0.4, 0.5) is 0 Å². The minimum atomic E-state index is -3.93. The van der Waals surface area contributed by atoms with Crippen molar-refractivity contribution in [1.29, 1.82) is 0 Å². The summed E-state index contributed by atoms with van der Waals surface area (Å²) in [5, 5.41) is 0. The molecule has 33 heavy (non-hydrogen) atoms. The molecule has 12 heteroatoms. The molecule has 0 bridgehead atoms. The van der Waals surface area contributed by atoms with Crippen molar-refractivity contribution in [3.05, 3.63) is 68.5 Å². The fourth-order valence-electron chi connectivity index (χ4n) is 2.71. The third-order valence-electron chi connectivity index (χ3n) is 4.44. The first-order valence-corrected chi connectivity index (χ1v) is 11.1. The van der Waals surface area contributed by atoms with Crippen molar-refractivity contribution in [3.8, 4) is 11.8 Å². The van der Waals surface area contributed by atoms with Crippen LogP contribution in [0.3, 0.4) is 0 Å². The van der Waals surface area contributed by atoms with Crippen LogP contribution in [0.5, 0.6) is 0 Å². The molecule has 0 radical (unpaired) electrons. The first kappa shape index (κ1) is 26.0. The van der Waals surface area contributed by atoms with Crippen LogP contribution in [-0.2, 0) is 34.4 Å². The van der Waals surface area contributed by atoms with Gasteiger partial charge in [-0.05, 0) is 19.1 Å². The zero-order valence-electron chi connectivity index (χ0n) is 18.5. The molecule has 1 heterocycles. The summed E-state index contributed by atoms with van der Waals surface area (Å²) >= 11 is 0. The Morgan fingerprint density at radius 1 is 1.06 bits per heavy atom. The van der Waals surface area contributed by atoms with E-state index in [0.29, 0.717) is 4.57 Å². The molecule has 0 amide bonds. The number of carbonyl (C=O) groups excluding carboxylic acids is 2. The van der Waals surface area contributed by atoms with Crippen LogP contribution in [-0.4, -0.2) is 54.8 Å². The summed E-state index contributed by atoms with van der Waals surface area (Å²) in [5.41, 5.74) is -1.23. The number of ether oxygens (including phenoxy) is 2. The topological polar surface area (TPSA) is 132 Å². The van der Waals surface area contributed by atoms with Gasteiger partial charge in [-0.2, -0.15) is 4.57 Å². The highest BCUT2D eigenvalue weighted by Gasteiger charge is 2.42. The van der Waals surface area contributed by atoms with E-state index in [1.807, 2.05) is 0 Å². The highest BCUT2D eigenvalue weighted by Crippen LogP contribution is 2.52. The van der Waals surface area contributed by atoms with Crippen LogP contribution < -0.4 is 11.2 Å². The number of hydrogen-bond acceptors (Lipinski definition) is 9.